The number of aromatic nitrogens is 2. The molecule has 0 aliphatic carbocycles. The summed E-state index contributed by atoms with van der Waals surface area (Å²) in [4.78, 5) is 24.1. The summed E-state index contributed by atoms with van der Waals surface area (Å²) in [5.74, 6) is -0.936. The lowest BCUT2D eigenvalue weighted by molar-refractivity contribution is 0.0685. The van der Waals surface area contributed by atoms with E-state index in [0.29, 0.717) is 18.8 Å². The van der Waals surface area contributed by atoms with E-state index in [-0.39, 0.29) is 17.7 Å². The first-order chi connectivity index (χ1) is 9.02. The molecule has 1 aromatic heterocycles. The number of hydrogen-bond donors (Lipinski definition) is 1. The van der Waals surface area contributed by atoms with Crippen LogP contribution in [0.5, 0.6) is 0 Å². The molecule has 1 unspecified atom stereocenters. The van der Waals surface area contributed by atoms with Crippen molar-refractivity contribution < 1.29 is 19.4 Å². The minimum absolute atomic E-state index is 0.0622. The van der Waals surface area contributed by atoms with Crippen LogP contribution in [0, 0.1) is 0 Å². The van der Waals surface area contributed by atoms with Crippen molar-refractivity contribution in [3.8, 4) is 0 Å². The second kappa shape index (κ2) is 5.29. The lowest BCUT2D eigenvalue weighted by Crippen LogP contribution is -2.39. The Morgan fingerprint density at radius 3 is 2.84 bits per heavy atom. The van der Waals surface area contributed by atoms with Gasteiger partial charge in [0.05, 0.1) is 12.8 Å². The van der Waals surface area contributed by atoms with Gasteiger partial charge in [-0.25, -0.2) is 9.59 Å². The van der Waals surface area contributed by atoms with Crippen LogP contribution in [-0.2, 0) is 11.8 Å². The van der Waals surface area contributed by atoms with Gasteiger partial charge in [0, 0.05) is 26.1 Å². The molecular weight excluding hydrogens is 250 g/mol. The number of aromatic carboxylic acids is 1. The Morgan fingerprint density at radius 1 is 1.53 bits per heavy atom. The fourth-order valence-corrected chi connectivity index (χ4v) is 2.40. The average Bonchev–Trinajstić information content (AvgIpc) is 2.80. The second-order valence-corrected chi connectivity index (χ2v) is 4.64. The molecule has 104 valence electrons. The van der Waals surface area contributed by atoms with Crippen LogP contribution in [0.4, 0.5) is 4.79 Å². The maximum absolute atomic E-state index is 11.5. The Hall–Kier alpha value is -2.05. The van der Waals surface area contributed by atoms with Gasteiger partial charge < -0.3 is 14.7 Å². The molecule has 7 nitrogen and oxygen atoms in total. The summed E-state index contributed by atoms with van der Waals surface area (Å²) in [5.41, 5.74) is 0.874. The highest BCUT2D eigenvalue weighted by atomic mass is 16.5. The predicted octanol–water partition coefficient (Wildman–Crippen LogP) is 1.06. The minimum Gasteiger partial charge on any atom is -0.477 e. The molecule has 0 bridgehead atoms. The van der Waals surface area contributed by atoms with Crippen molar-refractivity contribution in [3.63, 3.8) is 0 Å². The van der Waals surface area contributed by atoms with Gasteiger partial charge in [0.2, 0.25) is 0 Å². The SMILES string of the molecule is COC(=O)N1CCCC(c2cc(C(=O)O)n(C)n2)C1. The number of piperidine rings is 1. The number of nitrogens with zero attached hydrogens (tertiary/aromatic N) is 3. The van der Waals surface area contributed by atoms with Gasteiger partial charge in [-0.1, -0.05) is 0 Å². The number of carboxylic acids is 1. The Labute approximate surface area is 110 Å². The van der Waals surface area contributed by atoms with Crippen LogP contribution in [0.3, 0.4) is 0 Å². The number of carboxylic acid groups (broad SMARTS) is 1. The highest BCUT2D eigenvalue weighted by Gasteiger charge is 2.27. The van der Waals surface area contributed by atoms with Crippen LogP contribution in [0.2, 0.25) is 0 Å². The zero-order valence-corrected chi connectivity index (χ0v) is 11.0. The van der Waals surface area contributed by atoms with Gasteiger partial charge in [-0.2, -0.15) is 5.10 Å². The van der Waals surface area contributed by atoms with E-state index in [9.17, 15) is 9.59 Å². The van der Waals surface area contributed by atoms with Crippen LogP contribution >= 0.6 is 0 Å². The maximum Gasteiger partial charge on any atom is 0.409 e. The quantitative estimate of drug-likeness (QED) is 0.866. The van der Waals surface area contributed by atoms with E-state index < -0.39 is 5.97 Å². The van der Waals surface area contributed by atoms with Crippen LogP contribution < -0.4 is 0 Å². The molecule has 0 saturated carbocycles. The summed E-state index contributed by atoms with van der Waals surface area (Å²) in [7, 11) is 2.96. The van der Waals surface area contributed by atoms with E-state index >= 15 is 0 Å². The number of rotatable bonds is 2. The van der Waals surface area contributed by atoms with E-state index in [1.165, 1.54) is 11.8 Å². The zero-order chi connectivity index (χ0) is 14.0. The molecule has 1 amide bonds. The van der Waals surface area contributed by atoms with E-state index in [4.69, 9.17) is 9.84 Å². The highest BCUT2D eigenvalue weighted by Crippen LogP contribution is 2.26. The lowest BCUT2D eigenvalue weighted by Gasteiger charge is -2.30. The van der Waals surface area contributed by atoms with Gasteiger partial charge >= 0.3 is 12.1 Å². The third-order valence-corrected chi connectivity index (χ3v) is 3.39. The van der Waals surface area contributed by atoms with E-state index in [2.05, 4.69) is 5.10 Å². The van der Waals surface area contributed by atoms with Gasteiger partial charge in [0.15, 0.2) is 0 Å². The van der Waals surface area contributed by atoms with E-state index in [1.807, 2.05) is 0 Å². The van der Waals surface area contributed by atoms with Gasteiger partial charge in [-0.05, 0) is 18.9 Å². The average molecular weight is 267 g/mol. The van der Waals surface area contributed by atoms with Gasteiger partial charge in [0.25, 0.3) is 0 Å². The normalized spacial score (nSPS) is 19.3. The van der Waals surface area contributed by atoms with Crippen LogP contribution in [0.15, 0.2) is 6.07 Å². The van der Waals surface area contributed by atoms with Crippen LogP contribution in [0.1, 0.15) is 34.9 Å². The van der Waals surface area contributed by atoms with Crippen molar-refractivity contribution in [2.24, 2.45) is 7.05 Å². The maximum atomic E-state index is 11.5. The topological polar surface area (TPSA) is 84.7 Å². The Bertz CT molecular complexity index is 497. The van der Waals surface area contributed by atoms with Crippen molar-refractivity contribution in [3.05, 3.63) is 17.5 Å². The molecular formula is C12H17N3O4. The van der Waals surface area contributed by atoms with Gasteiger partial charge in [0.1, 0.15) is 5.69 Å². The summed E-state index contributed by atoms with van der Waals surface area (Å²) in [5, 5.41) is 13.2. The number of methoxy groups -OCH3 is 1. The summed E-state index contributed by atoms with van der Waals surface area (Å²) in [6, 6.07) is 1.58. The number of hydrogen-bond acceptors (Lipinski definition) is 4. The highest BCUT2D eigenvalue weighted by molar-refractivity contribution is 5.85. The van der Waals surface area contributed by atoms with Crippen molar-refractivity contribution >= 4 is 12.1 Å². The Balaban J connectivity index is 2.15. The molecule has 2 rings (SSSR count). The molecule has 1 aromatic rings. The molecule has 1 aliphatic heterocycles. The number of ether oxygens (including phenoxy) is 1. The molecule has 1 N–H and O–H groups in total. The lowest BCUT2D eigenvalue weighted by atomic mass is 9.95. The largest absolute Gasteiger partial charge is 0.477 e. The molecule has 0 aromatic carbocycles. The van der Waals surface area contributed by atoms with Crippen molar-refractivity contribution in [1.29, 1.82) is 0 Å². The first-order valence-electron chi connectivity index (χ1n) is 6.13. The molecule has 1 saturated heterocycles. The summed E-state index contributed by atoms with van der Waals surface area (Å²) >= 11 is 0. The first kappa shape index (κ1) is 13.4. The van der Waals surface area contributed by atoms with Gasteiger partial charge in [-0.15, -0.1) is 0 Å². The molecule has 19 heavy (non-hydrogen) atoms. The molecule has 0 spiro atoms. The second-order valence-electron chi connectivity index (χ2n) is 4.64. The van der Waals surface area contributed by atoms with Crippen molar-refractivity contribution in [2.75, 3.05) is 20.2 Å². The fraction of sp³-hybridized carbons (Fsp3) is 0.583. The van der Waals surface area contributed by atoms with Crippen LogP contribution in [-0.4, -0.2) is 52.0 Å². The third kappa shape index (κ3) is 2.69. The third-order valence-electron chi connectivity index (χ3n) is 3.39. The summed E-state index contributed by atoms with van der Waals surface area (Å²) in [6.07, 6.45) is 1.40. The number of carbonyl (C=O) groups is 2. The molecule has 2 heterocycles. The van der Waals surface area contributed by atoms with Crippen molar-refractivity contribution in [2.45, 2.75) is 18.8 Å². The molecule has 1 fully saturated rings. The van der Waals surface area contributed by atoms with E-state index in [0.717, 1.165) is 12.8 Å². The zero-order valence-electron chi connectivity index (χ0n) is 11.0. The van der Waals surface area contributed by atoms with Crippen molar-refractivity contribution in [1.82, 2.24) is 14.7 Å². The number of likely N-dealkylation sites (tertiary alicyclic amines) is 1. The number of carbonyl (C=O) groups excluding carboxylic acids is 1. The molecule has 7 heteroatoms. The standard InChI is InChI=1S/C12H17N3O4/c1-14-10(11(16)17)6-9(13-14)8-4-3-5-15(7-8)12(18)19-2/h6,8H,3-5,7H2,1-2H3,(H,16,17). The summed E-state index contributed by atoms with van der Waals surface area (Å²) in [6.45, 7) is 1.19. The Morgan fingerprint density at radius 2 is 2.26 bits per heavy atom. The Kier molecular flexibility index (Phi) is 3.73. The molecule has 0 radical (unpaired) electrons. The van der Waals surface area contributed by atoms with Gasteiger partial charge in [-0.3, -0.25) is 4.68 Å². The minimum atomic E-state index is -0.998. The fourth-order valence-electron chi connectivity index (χ4n) is 2.40. The first-order valence-corrected chi connectivity index (χ1v) is 6.13. The number of amides is 1. The molecule has 1 atom stereocenters. The summed E-state index contributed by atoms with van der Waals surface area (Å²) < 4.78 is 6.06. The smallest absolute Gasteiger partial charge is 0.409 e. The predicted molar refractivity (Wildman–Crippen MR) is 66.1 cm³/mol. The van der Waals surface area contributed by atoms with Crippen LogP contribution in [0.25, 0.3) is 0 Å². The number of aryl methyl sites for hydroxylation is 1. The monoisotopic (exact) mass is 267 g/mol. The molecule has 1 aliphatic rings. The van der Waals surface area contributed by atoms with E-state index in [1.54, 1.807) is 18.0 Å².